The van der Waals surface area contributed by atoms with Gasteiger partial charge in [0.05, 0.1) is 12.4 Å². The molecular weight excluding hydrogens is 230 g/mol. The minimum atomic E-state index is 0.406. The smallest absolute Gasteiger partial charge is 0.147 e. The van der Waals surface area contributed by atoms with E-state index in [4.69, 9.17) is 11.0 Å². The zero-order chi connectivity index (χ0) is 13.1. The summed E-state index contributed by atoms with van der Waals surface area (Å²) in [7, 11) is 1.77. The van der Waals surface area contributed by atoms with Gasteiger partial charge in [0, 0.05) is 19.2 Å². The SMILES string of the molecule is Cc1ncc(C#N)c(NCc2cnn(C)c2N)n1. The third kappa shape index (κ3) is 2.22. The van der Waals surface area contributed by atoms with Gasteiger partial charge < -0.3 is 11.1 Å². The van der Waals surface area contributed by atoms with Crippen molar-refractivity contribution >= 4 is 11.6 Å². The van der Waals surface area contributed by atoms with Crippen LogP contribution >= 0.6 is 0 Å². The number of anilines is 2. The van der Waals surface area contributed by atoms with Crippen LogP contribution in [-0.4, -0.2) is 19.7 Å². The number of rotatable bonds is 3. The van der Waals surface area contributed by atoms with Gasteiger partial charge in [-0.1, -0.05) is 0 Å². The summed E-state index contributed by atoms with van der Waals surface area (Å²) in [6, 6.07) is 2.04. The second-order valence-corrected chi connectivity index (χ2v) is 3.82. The second-order valence-electron chi connectivity index (χ2n) is 3.82. The summed E-state index contributed by atoms with van der Waals surface area (Å²) in [5.74, 6) is 1.70. The molecule has 2 heterocycles. The first-order chi connectivity index (χ1) is 8.61. The van der Waals surface area contributed by atoms with E-state index in [1.807, 2.05) is 6.07 Å². The van der Waals surface area contributed by atoms with E-state index in [9.17, 15) is 0 Å². The van der Waals surface area contributed by atoms with E-state index < -0.39 is 0 Å². The first-order valence-corrected chi connectivity index (χ1v) is 5.35. The molecule has 0 saturated carbocycles. The molecule has 0 aliphatic rings. The third-order valence-electron chi connectivity index (χ3n) is 2.54. The van der Waals surface area contributed by atoms with Crippen LogP contribution in [0.25, 0.3) is 0 Å². The van der Waals surface area contributed by atoms with Gasteiger partial charge >= 0.3 is 0 Å². The maximum atomic E-state index is 8.95. The van der Waals surface area contributed by atoms with Crippen LogP contribution < -0.4 is 11.1 Å². The van der Waals surface area contributed by atoms with Crippen molar-refractivity contribution in [3.8, 4) is 6.07 Å². The van der Waals surface area contributed by atoms with Gasteiger partial charge in [-0.15, -0.1) is 0 Å². The van der Waals surface area contributed by atoms with Gasteiger partial charge in [0.15, 0.2) is 0 Å². The average Bonchev–Trinajstić information content (AvgIpc) is 2.68. The van der Waals surface area contributed by atoms with Crippen molar-refractivity contribution in [2.75, 3.05) is 11.1 Å². The van der Waals surface area contributed by atoms with Crippen LogP contribution in [0.15, 0.2) is 12.4 Å². The fourth-order valence-electron chi connectivity index (χ4n) is 1.49. The molecule has 0 unspecified atom stereocenters. The molecule has 0 saturated heterocycles. The summed E-state index contributed by atoms with van der Waals surface area (Å²) in [6.07, 6.45) is 3.18. The Balaban J connectivity index is 2.18. The molecule has 0 spiro atoms. The normalized spacial score (nSPS) is 10.1. The van der Waals surface area contributed by atoms with Crippen LogP contribution in [0.2, 0.25) is 0 Å². The van der Waals surface area contributed by atoms with E-state index in [2.05, 4.69) is 20.4 Å². The zero-order valence-electron chi connectivity index (χ0n) is 10.2. The quantitative estimate of drug-likeness (QED) is 0.817. The van der Waals surface area contributed by atoms with Crippen molar-refractivity contribution in [3.63, 3.8) is 0 Å². The largest absolute Gasteiger partial charge is 0.384 e. The van der Waals surface area contributed by atoms with Crippen LogP contribution in [0, 0.1) is 18.3 Å². The Hall–Kier alpha value is -2.62. The number of nitrogens with one attached hydrogen (secondary N) is 1. The molecule has 0 bridgehead atoms. The number of nitrogens with two attached hydrogens (primary N) is 1. The van der Waals surface area contributed by atoms with Gasteiger partial charge in [-0.2, -0.15) is 10.4 Å². The van der Waals surface area contributed by atoms with Gasteiger partial charge in [0.25, 0.3) is 0 Å². The van der Waals surface area contributed by atoms with Gasteiger partial charge in [0.2, 0.25) is 0 Å². The van der Waals surface area contributed by atoms with Crippen LogP contribution in [0.3, 0.4) is 0 Å². The molecule has 0 atom stereocenters. The Bertz CT molecular complexity index is 608. The summed E-state index contributed by atoms with van der Waals surface area (Å²) >= 11 is 0. The summed E-state index contributed by atoms with van der Waals surface area (Å²) in [5.41, 5.74) is 7.09. The fraction of sp³-hybridized carbons (Fsp3) is 0.273. The molecule has 2 rings (SSSR count). The minimum Gasteiger partial charge on any atom is -0.384 e. The molecule has 3 N–H and O–H groups in total. The Labute approximate surface area is 104 Å². The van der Waals surface area contributed by atoms with E-state index >= 15 is 0 Å². The molecule has 0 aromatic carbocycles. The number of hydrogen-bond acceptors (Lipinski definition) is 6. The average molecular weight is 243 g/mol. The first kappa shape index (κ1) is 11.9. The predicted octanol–water partition coefficient (Wildman–Crippen LogP) is 0.584. The zero-order valence-corrected chi connectivity index (χ0v) is 10.2. The van der Waals surface area contributed by atoms with Crippen molar-refractivity contribution in [1.29, 1.82) is 5.26 Å². The molecule has 0 radical (unpaired) electrons. The van der Waals surface area contributed by atoms with Crippen molar-refractivity contribution < 1.29 is 0 Å². The second kappa shape index (κ2) is 4.71. The van der Waals surface area contributed by atoms with Crippen molar-refractivity contribution in [2.24, 2.45) is 7.05 Å². The fourth-order valence-corrected chi connectivity index (χ4v) is 1.49. The lowest BCUT2D eigenvalue weighted by molar-refractivity contribution is 0.778. The Morgan fingerprint density at radius 1 is 1.50 bits per heavy atom. The maximum absolute atomic E-state index is 8.95. The Morgan fingerprint density at radius 3 is 2.89 bits per heavy atom. The number of nitrogen functional groups attached to an aromatic ring is 1. The monoisotopic (exact) mass is 243 g/mol. The van der Waals surface area contributed by atoms with E-state index in [1.165, 1.54) is 6.20 Å². The van der Waals surface area contributed by atoms with Gasteiger partial charge in [-0.05, 0) is 6.92 Å². The number of nitriles is 1. The van der Waals surface area contributed by atoms with Crippen molar-refractivity contribution in [3.05, 3.63) is 29.3 Å². The summed E-state index contributed by atoms with van der Waals surface area (Å²) in [5, 5.41) is 16.1. The molecule has 0 aliphatic heterocycles. The van der Waals surface area contributed by atoms with Gasteiger partial charge in [0.1, 0.15) is 29.1 Å². The van der Waals surface area contributed by atoms with E-state index in [-0.39, 0.29) is 0 Å². The lowest BCUT2D eigenvalue weighted by Crippen LogP contribution is -2.07. The third-order valence-corrected chi connectivity index (χ3v) is 2.54. The van der Waals surface area contributed by atoms with Crippen LogP contribution in [0.1, 0.15) is 17.0 Å². The number of aromatic nitrogens is 4. The highest BCUT2D eigenvalue weighted by Gasteiger charge is 2.08. The Kier molecular flexibility index (Phi) is 3.10. The molecule has 7 heteroatoms. The molecule has 18 heavy (non-hydrogen) atoms. The summed E-state index contributed by atoms with van der Waals surface area (Å²) < 4.78 is 1.59. The maximum Gasteiger partial charge on any atom is 0.147 e. The summed E-state index contributed by atoms with van der Waals surface area (Å²) in [6.45, 7) is 2.23. The lowest BCUT2D eigenvalue weighted by atomic mass is 10.3. The minimum absolute atomic E-state index is 0.406. The van der Waals surface area contributed by atoms with Crippen LogP contribution in [0.4, 0.5) is 11.6 Å². The van der Waals surface area contributed by atoms with Crippen LogP contribution in [0.5, 0.6) is 0 Å². The predicted molar refractivity (Wildman–Crippen MR) is 66.4 cm³/mol. The molecule has 0 fully saturated rings. The van der Waals surface area contributed by atoms with Crippen molar-refractivity contribution in [1.82, 2.24) is 19.7 Å². The number of hydrogen-bond donors (Lipinski definition) is 2. The highest BCUT2D eigenvalue weighted by molar-refractivity contribution is 5.51. The van der Waals surface area contributed by atoms with E-state index in [0.717, 1.165) is 5.56 Å². The Morgan fingerprint density at radius 2 is 2.28 bits per heavy atom. The molecule has 0 aliphatic carbocycles. The van der Waals surface area contributed by atoms with Gasteiger partial charge in [-0.25, -0.2) is 9.97 Å². The van der Waals surface area contributed by atoms with E-state index in [0.29, 0.717) is 29.6 Å². The number of nitrogens with zero attached hydrogens (tertiary/aromatic N) is 5. The summed E-state index contributed by atoms with van der Waals surface area (Å²) in [4.78, 5) is 8.16. The molecule has 92 valence electrons. The lowest BCUT2D eigenvalue weighted by Gasteiger charge is -2.07. The standard InChI is InChI=1S/C11H13N7/c1-7-14-4-8(3-12)11(17-7)15-5-9-6-16-18(2)10(9)13/h4,6H,5,13H2,1-2H3,(H,14,15,17). The molecule has 0 amide bonds. The van der Waals surface area contributed by atoms with E-state index in [1.54, 1.807) is 24.9 Å². The topological polar surface area (TPSA) is 105 Å². The molecule has 2 aromatic heterocycles. The van der Waals surface area contributed by atoms with Crippen LogP contribution in [-0.2, 0) is 13.6 Å². The first-order valence-electron chi connectivity index (χ1n) is 5.35. The highest BCUT2D eigenvalue weighted by atomic mass is 15.3. The van der Waals surface area contributed by atoms with Crippen molar-refractivity contribution in [2.45, 2.75) is 13.5 Å². The molecule has 7 nitrogen and oxygen atoms in total. The molecule has 2 aromatic rings. The van der Waals surface area contributed by atoms with Gasteiger partial charge in [-0.3, -0.25) is 4.68 Å². The highest BCUT2D eigenvalue weighted by Crippen LogP contribution is 2.14. The molecular formula is C11H13N7. The number of aryl methyl sites for hydroxylation is 2.